The molecule has 0 bridgehead atoms. The number of nitrogens with one attached hydrogen (secondary N) is 1. The summed E-state index contributed by atoms with van der Waals surface area (Å²) in [6.07, 6.45) is 8.80. The molecule has 1 saturated carbocycles. The van der Waals surface area contributed by atoms with E-state index in [0.29, 0.717) is 12.2 Å². The molecule has 1 atom stereocenters. The van der Waals surface area contributed by atoms with Crippen molar-refractivity contribution >= 4 is 5.91 Å². The Kier molecular flexibility index (Phi) is 5.99. The maximum atomic E-state index is 12.9. The fourth-order valence-corrected chi connectivity index (χ4v) is 4.72. The van der Waals surface area contributed by atoms with Gasteiger partial charge in [-0.25, -0.2) is 4.68 Å². The lowest BCUT2D eigenvalue weighted by Crippen LogP contribution is -2.49. The van der Waals surface area contributed by atoms with Crippen molar-refractivity contribution in [1.82, 2.24) is 20.3 Å². The Bertz CT molecular complexity index is 832. The molecular weight excluding hydrogens is 364 g/mol. The first kappa shape index (κ1) is 20.1. The van der Waals surface area contributed by atoms with E-state index >= 15 is 0 Å². The number of carbonyl (C=O) groups is 1. The lowest BCUT2D eigenvalue weighted by atomic mass is 9.78. The minimum Gasteiger partial charge on any atom is -0.375 e. The molecule has 0 radical (unpaired) electrons. The summed E-state index contributed by atoms with van der Waals surface area (Å²) < 4.78 is 7.96. The summed E-state index contributed by atoms with van der Waals surface area (Å²) in [6.45, 7) is 5.42. The molecule has 2 heterocycles. The van der Waals surface area contributed by atoms with Crippen LogP contribution in [0.3, 0.4) is 0 Å². The van der Waals surface area contributed by atoms with Crippen LogP contribution in [0.25, 0.3) is 0 Å². The SMILES string of the molecule is CCc1ccc(Cn2nnc(C(=O)N[C@H]3CCOC4(CCCCC4)C3)c2C)cc1. The van der Waals surface area contributed by atoms with Crippen LogP contribution in [0.15, 0.2) is 24.3 Å². The summed E-state index contributed by atoms with van der Waals surface area (Å²) >= 11 is 0. The maximum Gasteiger partial charge on any atom is 0.273 e. The van der Waals surface area contributed by atoms with E-state index in [0.717, 1.165) is 50.0 Å². The van der Waals surface area contributed by atoms with Crippen LogP contribution in [-0.4, -0.2) is 39.2 Å². The van der Waals surface area contributed by atoms with Crippen LogP contribution in [0.4, 0.5) is 0 Å². The van der Waals surface area contributed by atoms with Gasteiger partial charge in [-0.3, -0.25) is 4.79 Å². The summed E-state index contributed by atoms with van der Waals surface area (Å²) in [6, 6.07) is 8.67. The van der Waals surface area contributed by atoms with E-state index in [1.54, 1.807) is 0 Å². The maximum absolute atomic E-state index is 12.9. The highest BCUT2D eigenvalue weighted by atomic mass is 16.5. The zero-order valence-electron chi connectivity index (χ0n) is 17.6. The Labute approximate surface area is 173 Å². The number of ether oxygens (including phenoxy) is 1. The van der Waals surface area contributed by atoms with Gasteiger partial charge in [0.05, 0.1) is 17.8 Å². The fraction of sp³-hybridized carbons (Fsp3) is 0.609. The molecule has 1 aromatic heterocycles. The van der Waals surface area contributed by atoms with Gasteiger partial charge in [-0.15, -0.1) is 5.10 Å². The molecule has 6 nitrogen and oxygen atoms in total. The first-order chi connectivity index (χ1) is 14.1. The first-order valence-corrected chi connectivity index (χ1v) is 11.0. The van der Waals surface area contributed by atoms with Crippen molar-refractivity contribution in [3.63, 3.8) is 0 Å². The molecule has 0 unspecified atom stereocenters. The van der Waals surface area contributed by atoms with Crippen molar-refractivity contribution in [3.8, 4) is 0 Å². The quantitative estimate of drug-likeness (QED) is 0.834. The number of aryl methyl sites for hydroxylation is 1. The van der Waals surface area contributed by atoms with Crippen molar-refractivity contribution in [3.05, 3.63) is 46.8 Å². The normalized spacial score (nSPS) is 21.2. The lowest BCUT2D eigenvalue weighted by molar-refractivity contribution is -0.107. The number of benzene rings is 1. The fourth-order valence-electron chi connectivity index (χ4n) is 4.72. The number of hydrogen-bond acceptors (Lipinski definition) is 4. The molecule has 1 aliphatic heterocycles. The third-order valence-electron chi connectivity index (χ3n) is 6.55. The van der Waals surface area contributed by atoms with E-state index in [1.807, 2.05) is 11.6 Å². The second-order valence-corrected chi connectivity index (χ2v) is 8.61. The van der Waals surface area contributed by atoms with Gasteiger partial charge < -0.3 is 10.1 Å². The smallest absolute Gasteiger partial charge is 0.273 e. The molecule has 1 aromatic carbocycles. The van der Waals surface area contributed by atoms with Crippen molar-refractivity contribution in [2.45, 2.75) is 83.4 Å². The second kappa shape index (κ2) is 8.66. The molecule has 1 N–H and O–H groups in total. The van der Waals surface area contributed by atoms with Gasteiger partial charge in [-0.2, -0.15) is 0 Å². The van der Waals surface area contributed by atoms with Crippen LogP contribution in [0, 0.1) is 6.92 Å². The Hall–Kier alpha value is -2.21. The van der Waals surface area contributed by atoms with Crippen LogP contribution < -0.4 is 5.32 Å². The van der Waals surface area contributed by atoms with E-state index < -0.39 is 0 Å². The molecule has 2 aliphatic rings. The topological polar surface area (TPSA) is 69.0 Å². The average Bonchev–Trinajstić information content (AvgIpc) is 3.09. The highest BCUT2D eigenvalue weighted by Gasteiger charge is 2.39. The average molecular weight is 397 g/mol. The summed E-state index contributed by atoms with van der Waals surface area (Å²) in [7, 11) is 0. The molecule has 156 valence electrons. The Balaban J connectivity index is 1.40. The number of rotatable bonds is 5. The molecule has 1 aliphatic carbocycles. The highest BCUT2D eigenvalue weighted by Crippen LogP contribution is 2.38. The third-order valence-corrected chi connectivity index (χ3v) is 6.55. The standard InChI is InChI=1S/C23H32N4O2/c1-3-18-7-9-19(10-8-18)16-27-17(2)21(25-26-27)22(28)24-20-11-14-29-23(15-20)12-5-4-6-13-23/h7-10,20H,3-6,11-16H2,1-2H3,(H,24,28)/t20-/m0/s1. The predicted octanol–water partition coefficient (Wildman–Crippen LogP) is 3.81. The van der Waals surface area contributed by atoms with Crippen LogP contribution in [0.2, 0.25) is 0 Å². The molecule has 2 aromatic rings. The number of aromatic nitrogens is 3. The van der Waals surface area contributed by atoms with E-state index in [4.69, 9.17) is 4.74 Å². The number of carbonyl (C=O) groups excluding carboxylic acids is 1. The van der Waals surface area contributed by atoms with Crippen molar-refractivity contribution in [1.29, 1.82) is 0 Å². The van der Waals surface area contributed by atoms with Crippen molar-refractivity contribution in [2.75, 3.05) is 6.61 Å². The van der Waals surface area contributed by atoms with Crippen molar-refractivity contribution in [2.24, 2.45) is 0 Å². The van der Waals surface area contributed by atoms with Gasteiger partial charge in [0.15, 0.2) is 5.69 Å². The van der Waals surface area contributed by atoms with Gasteiger partial charge in [0.2, 0.25) is 0 Å². The van der Waals surface area contributed by atoms with E-state index in [9.17, 15) is 4.79 Å². The molecule has 2 fully saturated rings. The van der Waals surface area contributed by atoms with Crippen LogP contribution >= 0.6 is 0 Å². The summed E-state index contributed by atoms with van der Waals surface area (Å²) in [5.41, 5.74) is 3.69. The van der Waals surface area contributed by atoms with Gasteiger partial charge in [-0.1, -0.05) is 55.7 Å². The summed E-state index contributed by atoms with van der Waals surface area (Å²) in [5, 5.41) is 11.6. The van der Waals surface area contributed by atoms with Gasteiger partial charge in [0.1, 0.15) is 0 Å². The van der Waals surface area contributed by atoms with Crippen LogP contribution in [0.5, 0.6) is 0 Å². The summed E-state index contributed by atoms with van der Waals surface area (Å²) in [5.74, 6) is -0.118. The Morgan fingerprint density at radius 2 is 1.93 bits per heavy atom. The molecule has 1 spiro atoms. The Morgan fingerprint density at radius 3 is 2.66 bits per heavy atom. The van der Waals surface area contributed by atoms with Crippen LogP contribution in [-0.2, 0) is 17.7 Å². The number of amides is 1. The molecule has 6 heteroatoms. The monoisotopic (exact) mass is 396 g/mol. The number of nitrogens with zero attached hydrogens (tertiary/aromatic N) is 3. The second-order valence-electron chi connectivity index (χ2n) is 8.61. The third kappa shape index (κ3) is 4.53. The van der Waals surface area contributed by atoms with E-state index in [-0.39, 0.29) is 17.6 Å². The van der Waals surface area contributed by atoms with Crippen LogP contribution in [0.1, 0.15) is 79.2 Å². The predicted molar refractivity (Wildman–Crippen MR) is 112 cm³/mol. The summed E-state index contributed by atoms with van der Waals surface area (Å²) in [4.78, 5) is 12.9. The first-order valence-electron chi connectivity index (χ1n) is 11.0. The lowest BCUT2D eigenvalue weighted by Gasteiger charge is -2.43. The van der Waals surface area contributed by atoms with E-state index in [2.05, 4.69) is 46.8 Å². The minimum atomic E-state index is -0.118. The molecule has 1 amide bonds. The van der Waals surface area contributed by atoms with Gasteiger partial charge in [-0.05, 0) is 50.2 Å². The zero-order chi connectivity index (χ0) is 20.3. The van der Waals surface area contributed by atoms with Gasteiger partial charge in [0, 0.05) is 12.6 Å². The van der Waals surface area contributed by atoms with Gasteiger partial charge in [0.25, 0.3) is 5.91 Å². The Morgan fingerprint density at radius 1 is 1.21 bits per heavy atom. The van der Waals surface area contributed by atoms with Gasteiger partial charge >= 0.3 is 0 Å². The highest BCUT2D eigenvalue weighted by molar-refractivity contribution is 5.93. The van der Waals surface area contributed by atoms with Crippen molar-refractivity contribution < 1.29 is 9.53 Å². The molecule has 4 rings (SSSR count). The largest absolute Gasteiger partial charge is 0.375 e. The number of hydrogen-bond donors (Lipinski definition) is 1. The minimum absolute atomic E-state index is 0.0221. The van der Waals surface area contributed by atoms with E-state index in [1.165, 1.54) is 24.8 Å². The molecule has 1 saturated heterocycles. The molecular formula is C23H32N4O2. The molecule has 29 heavy (non-hydrogen) atoms. The zero-order valence-corrected chi connectivity index (χ0v) is 17.6.